The number of para-hydroxylation sites is 1. The molecule has 0 atom stereocenters. The molecule has 1 fully saturated rings. The number of piperidine rings is 1. The molecule has 0 radical (unpaired) electrons. The first-order chi connectivity index (χ1) is 10.7. The van der Waals surface area contributed by atoms with Crippen LogP contribution in [0, 0.1) is 0 Å². The molecule has 2 aromatic rings. The average Bonchev–Trinajstić information content (AvgIpc) is 2.91. The van der Waals surface area contributed by atoms with Crippen LogP contribution < -0.4 is 10.1 Å². The van der Waals surface area contributed by atoms with E-state index in [0.717, 1.165) is 23.1 Å². The van der Waals surface area contributed by atoms with Crippen molar-refractivity contribution in [1.29, 1.82) is 0 Å². The van der Waals surface area contributed by atoms with Crippen LogP contribution in [0.15, 0.2) is 18.2 Å². The minimum atomic E-state index is -0.215. The van der Waals surface area contributed by atoms with Gasteiger partial charge in [0.15, 0.2) is 5.13 Å². The van der Waals surface area contributed by atoms with E-state index in [1.54, 1.807) is 12.0 Å². The number of fused-ring (bicyclic) bond motifs is 1. The predicted molar refractivity (Wildman–Crippen MR) is 85.2 cm³/mol. The number of thiazole rings is 1. The molecule has 1 N–H and O–H groups in total. The molecule has 0 saturated carbocycles. The Morgan fingerprint density at radius 1 is 1.45 bits per heavy atom. The molecule has 3 rings (SSSR count). The standard InChI is InChI=1S/C15H17N3O3S/c1-21-10-5-4-6-11-14(10)17-15(22-11)16-12(19)9-18-8-3-2-7-13(18)20/h4-6H,2-3,7-9H2,1H3,(H,16,17,19). The molecule has 2 amide bonds. The SMILES string of the molecule is COc1cccc2sc(NC(=O)CN3CCCCC3=O)nc12. The number of carbonyl (C=O) groups excluding carboxylic acids is 2. The summed E-state index contributed by atoms with van der Waals surface area (Å²) in [6, 6.07) is 5.65. The van der Waals surface area contributed by atoms with E-state index in [4.69, 9.17) is 4.74 Å². The third kappa shape index (κ3) is 3.04. The third-order valence-electron chi connectivity index (χ3n) is 3.60. The highest BCUT2D eigenvalue weighted by molar-refractivity contribution is 7.22. The molecular weight excluding hydrogens is 302 g/mol. The van der Waals surface area contributed by atoms with Crippen LogP contribution in [-0.4, -0.2) is 41.9 Å². The Kier molecular flexibility index (Phi) is 4.24. The lowest BCUT2D eigenvalue weighted by atomic mass is 10.1. The maximum Gasteiger partial charge on any atom is 0.245 e. The maximum atomic E-state index is 12.1. The average molecular weight is 319 g/mol. The van der Waals surface area contributed by atoms with E-state index in [1.807, 2.05) is 18.2 Å². The van der Waals surface area contributed by atoms with E-state index in [0.29, 0.717) is 23.8 Å². The Hall–Kier alpha value is -2.15. The number of aromatic nitrogens is 1. The molecule has 1 saturated heterocycles. The lowest BCUT2D eigenvalue weighted by Gasteiger charge is -2.25. The van der Waals surface area contributed by atoms with E-state index in [9.17, 15) is 9.59 Å². The van der Waals surface area contributed by atoms with Gasteiger partial charge in [-0.05, 0) is 25.0 Å². The fourth-order valence-electron chi connectivity index (χ4n) is 2.50. The molecule has 0 bridgehead atoms. The molecule has 1 aromatic heterocycles. The Morgan fingerprint density at radius 3 is 3.09 bits per heavy atom. The zero-order valence-electron chi connectivity index (χ0n) is 12.3. The first-order valence-electron chi connectivity index (χ1n) is 7.18. The Balaban J connectivity index is 1.70. The van der Waals surface area contributed by atoms with Crippen molar-refractivity contribution >= 4 is 38.5 Å². The Bertz CT molecular complexity index is 713. The Morgan fingerprint density at radius 2 is 2.32 bits per heavy atom. The van der Waals surface area contributed by atoms with Gasteiger partial charge in [-0.25, -0.2) is 4.98 Å². The number of nitrogens with one attached hydrogen (secondary N) is 1. The van der Waals surface area contributed by atoms with Crippen LogP contribution in [0.2, 0.25) is 0 Å². The minimum Gasteiger partial charge on any atom is -0.494 e. The summed E-state index contributed by atoms with van der Waals surface area (Å²) in [6.07, 6.45) is 2.40. The fourth-order valence-corrected chi connectivity index (χ4v) is 3.40. The van der Waals surface area contributed by atoms with Gasteiger partial charge in [0.25, 0.3) is 0 Å². The van der Waals surface area contributed by atoms with Crippen LogP contribution >= 0.6 is 11.3 Å². The van der Waals surface area contributed by atoms with Crippen LogP contribution in [0.5, 0.6) is 5.75 Å². The molecule has 116 valence electrons. The van der Waals surface area contributed by atoms with Gasteiger partial charge >= 0.3 is 0 Å². The largest absolute Gasteiger partial charge is 0.494 e. The Labute approximate surface area is 132 Å². The number of ether oxygens (including phenoxy) is 1. The summed E-state index contributed by atoms with van der Waals surface area (Å²) in [7, 11) is 1.59. The second-order valence-electron chi connectivity index (χ2n) is 5.15. The number of rotatable bonds is 4. The fraction of sp³-hybridized carbons (Fsp3) is 0.400. The molecule has 0 spiro atoms. The second kappa shape index (κ2) is 6.31. The third-order valence-corrected chi connectivity index (χ3v) is 4.54. The number of carbonyl (C=O) groups is 2. The number of hydrogen-bond acceptors (Lipinski definition) is 5. The number of likely N-dealkylation sites (tertiary alicyclic amines) is 1. The molecule has 1 aliphatic heterocycles. The first-order valence-corrected chi connectivity index (χ1v) is 8.00. The zero-order chi connectivity index (χ0) is 15.5. The van der Waals surface area contributed by atoms with E-state index < -0.39 is 0 Å². The number of nitrogens with zero attached hydrogens (tertiary/aromatic N) is 2. The van der Waals surface area contributed by atoms with Gasteiger partial charge < -0.3 is 15.0 Å². The van der Waals surface area contributed by atoms with Crippen molar-refractivity contribution in [2.45, 2.75) is 19.3 Å². The monoisotopic (exact) mass is 319 g/mol. The van der Waals surface area contributed by atoms with Gasteiger partial charge in [-0.2, -0.15) is 0 Å². The van der Waals surface area contributed by atoms with Gasteiger partial charge in [-0.1, -0.05) is 17.4 Å². The molecule has 22 heavy (non-hydrogen) atoms. The zero-order valence-corrected chi connectivity index (χ0v) is 13.1. The highest BCUT2D eigenvalue weighted by atomic mass is 32.1. The van der Waals surface area contributed by atoms with Gasteiger partial charge in [-0.15, -0.1) is 0 Å². The summed E-state index contributed by atoms with van der Waals surface area (Å²) in [5.74, 6) is 0.515. The molecular formula is C15H17N3O3S. The van der Waals surface area contributed by atoms with Crippen LogP contribution in [0.25, 0.3) is 10.2 Å². The van der Waals surface area contributed by atoms with Crippen LogP contribution in [0.1, 0.15) is 19.3 Å². The lowest BCUT2D eigenvalue weighted by molar-refractivity contribution is -0.136. The highest BCUT2D eigenvalue weighted by Crippen LogP contribution is 2.32. The van der Waals surface area contributed by atoms with Crippen LogP contribution in [-0.2, 0) is 9.59 Å². The number of anilines is 1. The van der Waals surface area contributed by atoms with E-state index >= 15 is 0 Å². The quantitative estimate of drug-likeness (QED) is 0.938. The smallest absolute Gasteiger partial charge is 0.245 e. The molecule has 0 aliphatic carbocycles. The van der Waals surface area contributed by atoms with Crippen molar-refractivity contribution in [3.05, 3.63) is 18.2 Å². The van der Waals surface area contributed by atoms with Crippen molar-refractivity contribution in [1.82, 2.24) is 9.88 Å². The molecule has 1 aliphatic rings. The summed E-state index contributed by atoms with van der Waals surface area (Å²) in [6.45, 7) is 0.742. The van der Waals surface area contributed by atoms with Crippen LogP contribution in [0.4, 0.5) is 5.13 Å². The van der Waals surface area contributed by atoms with E-state index in [2.05, 4.69) is 10.3 Å². The topological polar surface area (TPSA) is 71.5 Å². The maximum absolute atomic E-state index is 12.1. The summed E-state index contributed by atoms with van der Waals surface area (Å²) >= 11 is 1.39. The van der Waals surface area contributed by atoms with Crippen molar-refractivity contribution in [2.75, 3.05) is 25.5 Å². The summed E-state index contributed by atoms with van der Waals surface area (Å²) in [4.78, 5) is 29.8. The summed E-state index contributed by atoms with van der Waals surface area (Å²) in [5, 5.41) is 3.29. The van der Waals surface area contributed by atoms with Crippen molar-refractivity contribution in [3.8, 4) is 5.75 Å². The normalized spacial score (nSPS) is 15.1. The molecule has 6 nitrogen and oxygen atoms in total. The van der Waals surface area contributed by atoms with E-state index in [1.165, 1.54) is 11.3 Å². The number of methoxy groups -OCH3 is 1. The molecule has 0 unspecified atom stereocenters. The lowest BCUT2D eigenvalue weighted by Crippen LogP contribution is -2.40. The minimum absolute atomic E-state index is 0.0485. The van der Waals surface area contributed by atoms with Gasteiger partial charge in [0.1, 0.15) is 11.3 Å². The van der Waals surface area contributed by atoms with Gasteiger partial charge in [-0.3, -0.25) is 9.59 Å². The van der Waals surface area contributed by atoms with Gasteiger partial charge in [0.05, 0.1) is 18.4 Å². The second-order valence-corrected chi connectivity index (χ2v) is 6.18. The first kappa shape index (κ1) is 14.8. The van der Waals surface area contributed by atoms with Gasteiger partial charge in [0.2, 0.25) is 11.8 Å². The number of amides is 2. The summed E-state index contributed by atoms with van der Waals surface area (Å²) < 4.78 is 6.21. The van der Waals surface area contributed by atoms with Gasteiger partial charge in [0, 0.05) is 13.0 Å². The number of benzene rings is 1. The molecule has 1 aromatic carbocycles. The van der Waals surface area contributed by atoms with Crippen molar-refractivity contribution < 1.29 is 14.3 Å². The van der Waals surface area contributed by atoms with E-state index in [-0.39, 0.29) is 18.4 Å². The molecule has 7 heteroatoms. The molecule has 2 heterocycles. The highest BCUT2D eigenvalue weighted by Gasteiger charge is 2.21. The predicted octanol–water partition coefficient (Wildman–Crippen LogP) is 2.26. The van der Waals surface area contributed by atoms with Crippen molar-refractivity contribution in [3.63, 3.8) is 0 Å². The summed E-state index contributed by atoms with van der Waals surface area (Å²) in [5.41, 5.74) is 0.736. The van der Waals surface area contributed by atoms with Crippen molar-refractivity contribution in [2.24, 2.45) is 0 Å². The van der Waals surface area contributed by atoms with Crippen LogP contribution in [0.3, 0.4) is 0 Å². The number of hydrogen-bond donors (Lipinski definition) is 1.